The molecule has 0 rings (SSSR count). The number of phosphoric ester groups is 1. The lowest BCUT2D eigenvalue weighted by molar-refractivity contribution is -0.870. The summed E-state index contributed by atoms with van der Waals surface area (Å²) in [5.74, 6) is -0.527. The fourth-order valence-corrected chi connectivity index (χ4v) is 9.30. The lowest BCUT2D eigenvalue weighted by Crippen LogP contribution is -2.47. The zero-order chi connectivity index (χ0) is 54.3. The number of hydrogen-bond acceptors (Lipinski definition) is 6. The van der Waals surface area contributed by atoms with Crippen LogP contribution in [0.1, 0.15) is 271 Å². The molecule has 2 N–H and O–H groups in total. The van der Waals surface area contributed by atoms with E-state index in [0.717, 1.165) is 103 Å². The lowest BCUT2D eigenvalue weighted by atomic mass is 10.0. The molecule has 0 bridgehead atoms. The number of carbonyl (C=O) groups is 2. The van der Waals surface area contributed by atoms with E-state index in [1.165, 1.54) is 135 Å². The van der Waals surface area contributed by atoms with E-state index in [4.69, 9.17) is 13.8 Å². The number of nitrogens with zero attached hydrogens (tertiary/aromatic N) is 1. The van der Waals surface area contributed by atoms with E-state index in [-0.39, 0.29) is 31.5 Å². The van der Waals surface area contributed by atoms with E-state index in [1.807, 2.05) is 33.3 Å². The number of unbranched alkanes of at least 4 members (excludes halogenated alkanes) is 29. The van der Waals surface area contributed by atoms with E-state index in [9.17, 15) is 19.0 Å². The molecule has 74 heavy (non-hydrogen) atoms. The summed E-state index contributed by atoms with van der Waals surface area (Å²) in [5.41, 5.74) is 0. The van der Waals surface area contributed by atoms with E-state index >= 15 is 0 Å². The van der Waals surface area contributed by atoms with Gasteiger partial charge in [-0.1, -0.05) is 229 Å². The van der Waals surface area contributed by atoms with Crippen molar-refractivity contribution in [3.63, 3.8) is 0 Å². The number of amides is 1. The van der Waals surface area contributed by atoms with E-state index in [2.05, 4.69) is 86.8 Å². The van der Waals surface area contributed by atoms with Gasteiger partial charge in [0.25, 0.3) is 0 Å². The third-order valence-corrected chi connectivity index (χ3v) is 14.4. The molecule has 0 radical (unpaired) electrons. The number of esters is 1. The van der Waals surface area contributed by atoms with Crippen LogP contribution < -0.4 is 5.32 Å². The van der Waals surface area contributed by atoms with Gasteiger partial charge in [0.15, 0.2) is 0 Å². The third kappa shape index (κ3) is 54.2. The first-order valence-electron chi connectivity index (χ1n) is 30.8. The summed E-state index contributed by atoms with van der Waals surface area (Å²) in [6.45, 7) is 6.95. The number of ether oxygens (including phenoxy) is 1. The van der Waals surface area contributed by atoms with Crippen molar-refractivity contribution >= 4 is 19.7 Å². The van der Waals surface area contributed by atoms with Crippen LogP contribution in [0.4, 0.5) is 0 Å². The highest BCUT2D eigenvalue weighted by Crippen LogP contribution is 2.43. The molecule has 430 valence electrons. The Labute approximate surface area is 457 Å². The summed E-state index contributed by atoms with van der Waals surface area (Å²) in [6.07, 6.45) is 68.9. The molecule has 0 heterocycles. The van der Waals surface area contributed by atoms with Gasteiger partial charge in [0, 0.05) is 12.8 Å². The Kier molecular flexibility index (Phi) is 52.0. The van der Waals surface area contributed by atoms with Crippen molar-refractivity contribution in [2.75, 3.05) is 40.9 Å². The Balaban J connectivity index is 5.31. The number of allylic oxidation sites excluding steroid dienone is 11. The van der Waals surface area contributed by atoms with Gasteiger partial charge in [0.2, 0.25) is 5.91 Å². The summed E-state index contributed by atoms with van der Waals surface area (Å²) in [5, 5.41) is 3.05. The average Bonchev–Trinajstić information content (AvgIpc) is 3.36. The van der Waals surface area contributed by atoms with Gasteiger partial charge in [-0.15, -0.1) is 0 Å². The number of phosphoric acid groups is 1. The van der Waals surface area contributed by atoms with Gasteiger partial charge in [-0.05, 0) is 102 Å². The fraction of sp³-hybridized carbons (Fsp3) is 0.781. The molecule has 3 unspecified atom stereocenters. The first-order valence-corrected chi connectivity index (χ1v) is 32.3. The van der Waals surface area contributed by atoms with Gasteiger partial charge in [-0.3, -0.25) is 18.6 Å². The van der Waals surface area contributed by atoms with Gasteiger partial charge >= 0.3 is 13.8 Å². The Hall–Kier alpha value is -2.55. The van der Waals surface area contributed by atoms with Crippen LogP contribution in [-0.2, 0) is 27.9 Å². The molecule has 0 aliphatic rings. The van der Waals surface area contributed by atoms with Crippen molar-refractivity contribution in [2.24, 2.45) is 0 Å². The van der Waals surface area contributed by atoms with Crippen LogP contribution in [0.5, 0.6) is 0 Å². The zero-order valence-corrected chi connectivity index (χ0v) is 50.0. The molecule has 3 atom stereocenters. The molecular weight excluding hydrogens is 940 g/mol. The predicted molar refractivity (Wildman–Crippen MR) is 318 cm³/mol. The molecule has 0 saturated heterocycles. The second kappa shape index (κ2) is 53.8. The molecule has 0 aromatic rings. The topological polar surface area (TPSA) is 111 Å². The highest BCUT2D eigenvalue weighted by Gasteiger charge is 2.30. The third-order valence-electron chi connectivity index (χ3n) is 13.4. The van der Waals surface area contributed by atoms with E-state index in [0.29, 0.717) is 17.4 Å². The van der Waals surface area contributed by atoms with Crippen molar-refractivity contribution in [1.82, 2.24) is 5.32 Å². The SMILES string of the molecule is CCCCC/C=C\C/C=C\C/C=C\CCCCCCCCC(=O)NC(COP(=O)(O)OCC[N+](C)(C)C)C(/C=C/CCCCCCCCCCCC)OC(=O)CCCCCCCCC/C=C\C/C=C\CCCCC. The maximum atomic E-state index is 13.5. The maximum Gasteiger partial charge on any atom is 0.472 e. The van der Waals surface area contributed by atoms with Crippen LogP contribution in [0, 0.1) is 0 Å². The van der Waals surface area contributed by atoms with Gasteiger partial charge < -0.3 is 19.4 Å². The highest BCUT2D eigenvalue weighted by atomic mass is 31.2. The molecule has 0 aromatic carbocycles. The molecule has 0 aliphatic carbocycles. The van der Waals surface area contributed by atoms with Gasteiger partial charge in [-0.25, -0.2) is 4.57 Å². The molecular formula is C64H118N2O7P+. The van der Waals surface area contributed by atoms with E-state index in [1.54, 1.807) is 0 Å². The highest BCUT2D eigenvalue weighted by molar-refractivity contribution is 7.47. The van der Waals surface area contributed by atoms with Crippen molar-refractivity contribution in [3.05, 3.63) is 72.9 Å². The minimum atomic E-state index is -4.46. The molecule has 0 fully saturated rings. The number of hydrogen-bond donors (Lipinski definition) is 2. The average molecular weight is 1060 g/mol. The number of likely N-dealkylation sites (N-methyl/N-ethyl adjacent to an activating group) is 1. The van der Waals surface area contributed by atoms with Crippen LogP contribution in [0.15, 0.2) is 72.9 Å². The van der Waals surface area contributed by atoms with Crippen LogP contribution in [-0.4, -0.2) is 74.3 Å². The number of carbonyl (C=O) groups excluding carboxylic acids is 2. The lowest BCUT2D eigenvalue weighted by Gasteiger charge is -2.27. The van der Waals surface area contributed by atoms with Crippen molar-refractivity contribution in [3.8, 4) is 0 Å². The second-order valence-corrected chi connectivity index (χ2v) is 23.3. The van der Waals surface area contributed by atoms with Crippen LogP contribution >= 0.6 is 7.82 Å². The summed E-state index contributed by atoms with van der Waals surface area (Å²) < 4.78 is 30.7. The Morgan fingerprint density at radius 2 is 0.824 bits per heavy atom. The quantitative estimate of drug-likeness (QED) is 0.0205. The summed E-state index contributed by atoms with van der Waals surface area (Å²) in [4.78, 5) is 37.7. The number of nitrogens with one attached hydrogen (secondary N) is 1. The maximum absolute atomic E-state index is 13.5. The molecule has 1 amide bonds. The Morgan fingerprint density at radius 1 is 0.473 bits per heavy atom. The minimum Gasteiger partial charge on any atom is -0.456 e. The predicted octanol–water partition coefficient (Wildman–Crippen LogP) is 18.8. The number of rotatable bonds is 55. The zero-order valence-electron chi connectivity index (χ0n) is 49.1. The van der Waals surface area contributed by atoms with Crippen molar-refractivity contribution < 1.29 is 37.3 Å². The standard InChI is InChI=1S/C64H117N2O7P/c1-7-10-13-16-19-22-25-28-30-32-33-35-36-38-41-44-47-50-53-56-63(67)65-61(60-72-74(69,70)71-59-58-66(4,5)6)62(55-52-49-46-43-40-27-24-21-18-15-12-9-3)73-64(68)57-54-51-48-45-42-39-37-34-31-29-26-23-20-17-14-11-8-2/h19-20,22-23,28-31,33,35,52,55,61-62H,7-18,21,24-27,32,34,36-51,53-54,56-60H2,1-6H3,(H-,65,67,69,70)/p+1/b22-19-,23-20-,30-28-,31-29-,35-33-,55-52+. The first kappa shape index (κ1) is 71.5. The first-order chi connectivity index (χ1) is 35.9. The van der Waals surface area contributed by atoms with Gasteiger partial charge in [-0.2, -0.15) is 0 Å². The second-order valence-electron chi connectivity index (χ2n) is 21.9. The normalized spacial score (nSPS) is 14.2. The largest absolute Gasteiger partial charge is 0.472 e. The van der Waals surface area contributed by atoms with Crippen molar-refractivity contribution in [2.45, 2.75) is 283 Å². The number of quaternary nitrogens is 1. The molecule has 10 heteroatoms. The van der Waals surface area contributed by atoms with Crippen LogP contribution in [0.25, 0.3) is 0 Å². The monoisotopic (exact) mass is 1060 g/mol. The molecule has 0 aromatic heterocycles. The van der Waals surface area contributed by atoms with Crippen LogP contribution in [0.2, 0.25) is 0 Å². The summed E-state index contributed by atoms with van der Waals surface area (Å²) in [6, 6.07) is -0.861. The Morgan fingerprint density at radius 3 is 1.26 bits per heavy atom. The van der Waals surface area contributed by atoms with E-state index < -0.39 is 20.0 Å². The minimum absolute atomic E-state index is 0.0338. The summed E-state index contributed by atoms with van der Waals surface area (Å²) >= 11 is 0. The van der Waals surface area contributed by atoms with Gasteiger partial charge in [0.1, 0.15) is 19.3 Å². The van der Waals surface area contributed by atoms with Gasteiger partial charge in [0.05, 0.1) is 33.8 Å². The molecule has 0 saturated carbocycles. The summed E-state index contributed by atoms with van der Waals surface area (Å²) in [7, 11) is 1.48. The van der Waals surface area contributed by atoms with Crippen molar-refractivity contribution in [1.29, 1.82) is 0 Å². The van der Waals surface area contributed by atoms with Crippen LogP contribution in [0.3, 0.4) is 0 Å². The molecule has 0 spiro atoms. The molecule has 9 nitrogen and oxygen atoms in total. The smallest absolute Gasteiger partial charge is 0.456 e. The Bertz CT molecular complexity index is 1500. The molecule has 0 aliphatic heterocycles. The fourth-order valence-electron chi connectivity index (χ4n) is 8.56.